The molecule has 2 atom stereocenters. The van der Waals surface area contributed by atoms with Gasteiger partial charge >= 0.3 is 6.03 Å². The summed E-state index contributed by atoms with van der Waals surface area (Å²) in [5.41, 5.74) is 2.07. The number of nitrogens with zero attached hydrogens (tertiary/aromatic N) is 1. The molecule has 1 aromatic rings. The van der Waals surface area contributed by atoms with Crippen molar-refractivity contribution in [3.05, 3.63) is 17.0 Å². The first-order valence-corrected chi connectivity index (χ1v) is 8.17. The second-order valence-corrected chi connectivity index (χ2v) is 6.23. The van der Waals surface area contributed by atoms with Crippen LogP contribution in [0.3, 0.4) is 0 Å². The number of hydrogen-bond acceptors (Lipinski definition) is 4. The second kappa shape index (κ2) is 8.17. The zero-order valence-corrected chi connectivity index (χ0v) is 13.5. The van der Waals surface area contributed by atoms with Crippen molar-refractivity contribution in [1.29, 1.82) is 0 Å². The summed E-state index contributed by atoms with van der Waals surface area (Å²) < 4.78 is 5.12. The van der Waals surface area contributed by atoms with E-state index in [-0.39, 0.29) is 12.1 Å². The molecule has 1 aromatic heterocycles. The van der Waals surface area contributed by atoms with Gasteiger partial charge in [0.2, 0.25) is 0 Å². The Morgan fingerprint density at radius 3 is 2.86 bits per heavy atom. The molecular weight excluding hydrogens is 282 g/mol. The Morgan fingerprint density at radius 2 is 2.18 bits per heavy atom. The van der Waals surface area contributed by atoms with Gasteiger partial charge in [0.15, 0.2) is 0 Å². The molecule has 3 N–H and O–H groups in total. The van der Waals surface area contributed by atoms with E-state index in [1.807, 2.05) is 13.8 Å². The van der Waals surface area contributed by atoms with E-state index in [0.717, 1.165) is 55.5 Å². The first kappa shape index (κ1) is 16.8. The molecule has 2 amide bonds. The number of carbonyl (C=O) groups excluding carboxylic acids is 1. The van der Waals surface area contributed by atoms with Gasteiger partial charge in [0.25, 0.3) is 0 Å². The van der Waals surface area contributed by atoms with Crippen LogP contribution in [-0.4, -0.2) is 35.5 Å². The highest BCUT2D eigenvalue weighted by Gasteiger charge is 2.20. The monoisotopic (exact) mass is 309 g/mol. The number of rotatable bonds is 6. The van der Waals surface area contributed by atoms with E-state index in [0.29, 0.717) is 19.0 Å². The van der Waals surface area contributed by atoms with Gasteiger partial charge in [-0.05, 0) is 51.9 Å². The van der Waals surface area contributed by atoms with Gasteiger partial charge in [0, 0.05) is 18.7 Å². The Labute approximate surface area is 131 Å². The van der Waals surface area contributed by atoms with Gasteiger partial charge in [-0.25, -0.2) is 4.79 Å². The normalized spacial score (nSPS) is 21.6. The van der Waals surface area contributed by atoms with Crippen LogP contribution in [0.4, 0.5) is 4.79 Å². The number of aliphatic hydroxyl groups is 1. The zero-order valence-electron chi connectivity index (χ0n) is 13.5. The van der Waals surface area contributed by atoms with Crippen LogP contribution in [0, 0.1) is 19.8 Å². The maximum Gasteiger partial charge on any atom is 0.314 e. The van der Waals surface area contributed by atoms with Crippen molar-refractivity contribution < 1.29 is 14.4 Å². The summed E-state index contributed by atoms with van der Waals surface area (Å²) >= 11 is 0. The average molecular weight is 309 g/mol. The number of nitrogens with one attached hydrogen (secondary N) is 2. The van der Waals surface area contributed by atoms with E-state index >= 15 is 0 Å². The van der Waals surface area contributed by atoms with Gasteiger partial charge in [-0.15, -0.1) is 0 Å². The Morgan fingerprint density at radius 1 is 1.36 bits per heavy atom. The van der Waals surface area contributed by atoms with Crippen LogP contribution in [0.2, 0.25) is 0 Å². The highest BCUT2D eigenvalue weighted by molar-refractivity contribution is 5.73. The molecule has 0 bridgehead atoms. The predicted molar refractivity (Wildman–Crippen MR) is 83.7 cm³/mol. The van der Waals surface area contributed by atoms with Crippen molar-refractivity contribution in [3.63, 3.8) is 0 Å². The molecule has 2 unspecified atom stereocenters. The van der Waals surface area contributed by atoms with Crippen molar-refractivity contribution in [1.82, 2.24) is 15.8 Å². The van der Waals surface area contributed by atoms with E-state index in [1.54, 1.807) is 0 Å². The molecule has 6 nitrogen and oxygen atoms in total. The van der Waals surface area contributed by atoms with Crippen molar-refractivity contribution >= 4 is 6.03 Å². The standard InChI is InChI=1S/C16H27N3O3/c1-11-15(12(2)22-19-11)7-4-8-17-16(21)18-10-13-5-3-6-14(20)9-13/h13-14,20H,3-10H2,1-2H3,(H2,17,18,21). The summed E-state index contributed by atoms with van der Waals surface area (Å²) in [6.45, 7) is 5.12. The third-order valence-corrected chi connectivity index (χ3v) is 4.38. The number of carbonyl (C=O) groups is 1. The fraction of sp³-hybridized carbons (Fsp3) is 0.750. The molecular formula is C16H27N3O3. The van der Waals surface area contributed by atoms with Crippen molar-refractivity contribution in [2.75, 3.05) is 13.1 Å². The van der Waals surface area contributed by atoms with E-state index in [1.165, 1.54) is 0 Å². The van der Waals surface area contributed by atoms with Gasteiger partial charge in [-0.1, -0.05) is 11.6 Å². The summed E-state index contributed by atoms with van der Waals surface area (Å²) in [6, 6.07) is -0.126. The van der Waals surface area contributed by atoms with Crippen LogP contribution >= 0.6 is 0 Å². The first-order chi connectivity index (χ1) is 10.6. The lowest BCUT2D eigenvalue weighted by Gasteiger charge is -2.25. The highest BCUT2D eigenvalue weighted by atomic mass is 16.5. The molecule has 0 saturated heterocycles. The van der Waals surface area contributed by atoms with Crippen LogP contribution in [0.15, 0.2) is 4.52 Å². The van der Waals surface area contributed by atoms with Crippen LogP contribution in [0.1, 0.15) is 49.1 Å². The van der Waals surface area contributed by atoms with Gasteiger partial charge in [-0.2, -0.15) is 0 Å². The number of aryl methyl sites for hydroxylation is 2. The topological polar surface area (TPSA) is 87.4 Å². The lowest BCUT2D eigenvalue weighted by Crippen LogP contribution is -2.40. The minimum atomic E-state index is -0.196. The van der Waals surface area contributed by atoms with E-state index in [4.69, 9.17) is 4.52 Å². The minimum absolute atomic E-state index is 0.126. The molecule has 2 rings (SSSR count). The van der Waals surface area contributed by atoms with E-state index < -0.39 is 0 Å². The smallest absolute Gasteiger partial charge is 0.314 e. The van der Waals surface area contributed by atoms with Crippen LogP contribution in [0.5, 0.6) is 0 Å². The van der Waals surface area contributed by atoms with Gasteiger partial charge < -0.3 is 20.3 Å². The van der Waals surface area contributed by atoms with E-state index in [2.05, 4.69) is 15.8 Å². The van der Waals surface area contributed by atoms with Crippen molar-refractivity contribution in [2.45, 2.75) is 58.5 Å². The predicted octanol–water partition coefficient (Wildman–Crippen LogP) is 2.07. The molecule has 22 heavy (non-hydrogen) atoms. The highest BCUT2D eigenvalue weighted by Crippen LogP contribution is 2.23. The number of hydrogen-bond donors (Lipinski definition) is 3. The fourth-order valence-electron chi connectivity index (χ4n) is 3.07. The Hall–Kier alpha value is -1.56. The van der Waals surface area contributed by atoms with Crippen LogP contribution < -0.4 is 10.6 Å². The molecule has 1 heterocycles. The molecule has 1 fully saturated rings. The van der Waals surface area contributed by atoms with Crippen molar-refractivity contribution in [2.24, 2.45) is 5.92 Å². The molecule has 0 aromatic carbocycles. The molecule has 124 valence electrons. The molecule has 1 saturated carbocycles. The Balaban J connectivity index is 1.58. The minimum Gasteiger partial charge on any atom is -0.393 e. The fourth-order valence-corrected chi connectivity index (χ4v) is 3.07. The molecule has 0 spiro atoms. The summed E-state index contributed by atoms with van der Waals surface area (Å²) in [5, 5.41) is 19.3. The number of urea groups is 1. The van der Waals surface area contributed by atoms with E-state index in [9.17, 15) is 9.90 Å². The Kier molecular flexibility index (Phi) is 6.24. The van der Waals surface area contributed by atoms with Crippen LogP contribution in [0.25, 0.3) is 0 Å². The van der Waals surface area contributed by atoms with Gasteiger partial charge in [0.05, 0.1) is 11.8 Å². The van der Waals surface area contributed by atoms with Crippen molar-refractivity contribution in [3.8, 4) is 0 Å². The molecule has 1 aliphatic carbocycles. The lowest BCUT2D eigenvalue weighted by atomic mass is 9.87. The maximum absolute atomic E-state index is 11.7. The number of aromatic nitrogens is 1. The first-order valence-electron chi connectivity index (χ1n) is 8.17. The summed E-state index contributed by atoms with van der Waals surface area (Å²) in [5.74, 6) is 1.26. The molecule has 0 radical (unpaired) electrons. The van der Waals surface area contributed by atoms with Gasteiger partial charge in [0.1, 0.15) is 5.76 Å². The summed E-state index contributed by atoms with van der Waals surface area (Å²) in [6.07, 6.45) is 5.35. The third-order valence-electron chi connectivity index (χ3n) is 4.38. The summed E-state index contributed by atoms with van der Waals surface area (Å²) in [7, 11) is 0. The quantitative estimate of drug-likeness (QED) is 0.702. The Bertz CT molecular complexity index is 467. The largest absolute Gasteiger partial charge is 0.393 e. The summed E-state index contributed by atoms with van der Waals surface area (Å²) in [4.78, 5) is 11.7. The molecule has 6 heteroatoms. The van der Waals surface area contributed by atoms with Crippen LogP contribution in [-0.2, 0) is 6.42 Å². The van der Waals surface area contributed by atoms with Gasteiger partial charge in [-0.3, -0.25) is 0 Å². The second-order valence-electron chi connectivity index (χ2n) is 6.23. The SMILES string of the molecule is Cc1noc(C)c1CCCNC(=O)NCC1CCCC(O)C1. The number of amides is 2. The number of aliphatic hydroxyl groups excluding tert-OH is 1. The molecule has 1 aliphatic rings. The molecule has 0 aliphatic heterocycles. The maximum atomic E-state index is 11.7. The average Bonchev–Trinajstić information content (AvgIpc) is 2.81. The zero-order chi connectivity index (χ0) is 15.9. The lowest BCUT2D eigenvalue weighted by molar-refractivity contribution is 0.101. The third kappa shape index (κ3) is 5.02.